The second-order valence-corrected chi connectivity index (χ2v) is 6.67. The van der Waals surface area contributed by atoms with Crippen LogP contribution in [0, 0.1) is 12.8 Å². The lowest BCUT2D eigenvalue weighted by atomic mass is 10.0. The molecule has 1 aliphatic heterocycles. The predicted octanol–water partition coefficient (Wildman–Crippen LogP) is 3.22. The highest BCUT2D eigenvalue weighted by atomic mass is 15.1. The van der Waals surface area contributed by atoms with Gasteiger partial charge in [-0.15, -0.1) is 0 Å². The lowest BCUT2D eigenvalue weighted by Gasteiger charge is -2.13. The largest absolute Gasteiger partial charge is 0.306 e. The molecule has 0 saturated carbocycles. The highest BCUT2D eigenvalue weighted by Gasteiger charge is 2.23. The average Bonchev–Trinajstić information content (AvgIpc) is 3.10. The highest BCUT2D eigenvalue weighted by Crippen LogP contribution is 2.25. The summed E-state index contributed by atoms with van der Waals surface area (Å²) in [4.78, 5) is 11.9. The van der Waals surface area contributed by atoms with Gasteiger partial charge in [-0.1, -0.05) is 12.1 Å². The van der Waals surface area contributed by atoms with Crippen molar-refractivity contribution in [2.24, 2.45) is 5.92 Å². The fourth-order valence-corrected chi connectivity index (χ4v) is 3.59. The summed E-state index contributed by atoms with van der Waals surface area (Å²) >= 11 is 0. The Morgan fingerprint density at radius 1 is 1.22 bits per heavy atom. The van der Waals surface area contributed by atoms with Crippen molar-refractivity contribution in [3.63, 3.8) is 0 Å². The number of fused-ring (bicyclic) bond motifs is 1. The zero-order chi connectivity index (χ0) is 15.8. The summed E-state index contributed by atoms with van der Waals surface area (Å²) in [6.45, 7) is 4.47. The van der Waals surface area contributed by atoms with Crippen LogP contribution in [0.15, 0.2) is 42.6 Å². The van der Waals surface area contributed by atoms with Gasteiger partial charge in [0, 0.05) is 24.8 Å². The standard InChI is InChI=1S/C19H22N4/c1-14-5-3-6-16(11-14)23-18(12-15-8-10-22(2)13-15)21-17-7-4-9-20-19(17)23/h3-7,9,11,15H,8,10,12-13H2,1-2H3. The molecule has 3 heterocycles. The highest BCUT2D eigenvalue weighted by molar-refractivity contribution is 5.73. The number of hydrogen-bond acceptors (Lipinski definition) is 3. The molecule has 23 heavy (non-hydrogen) atoms. The third-order valence-corrected chi connectivity index (χ3v) is 4.71. The normalized spacial score (nSPS) is 18.8. The summed E-state index contributed by atoms with van der Waals surface area (Å²) in [5.41, 5.74) is 4.36. The Morgan fingerprint density at radius 2 is 2.13 bits per heavy atom. The molecule has 0 radical (unpaired) electrons. The number of rotatable bonds is 3. The molecular weight excluding hydrogens is 284 g/mol. The molecule has 0 bridgehead atoms. The molecule has 1 atom stereocenters. The van der Waals surface area contributed by atoms with Crippen molar-refractivity contribution in [1.82, 2.24) is 19.4 Å². The number of pyridine rings is 1. The Bertz CT molecular complexity index is 836. The smallest absolute Gasteiger partial charge is 0.164 e. The molecule has 118 valence electrons. The quantitative estimate of drug-likeness (QED) is 0.745. The van der Waals surface area contributed by atoms with Crippen LogP contribution in [0.4, 0.5) is 0 Å². The van der Waals surface area contributed by atoms with E-state index >= 15 is 0 Å². The van der Waals surface area contributed by atoms with Gasteiger partial charge in [0.05, 0.1) is 0 Å². The Balaban J connectivity index is 1.81. The average molecular weight is 306 g/mol. The molecule has 4 heteroatoms. The predicted molar refractivity (Wildman–Crippen MR) is 92.9 cm³/mol. The van der Waals surface area contributed by atoms with Gasteiger partial charge in [0.15, 0.2) is 5.65 Å². The number of aryl methyl sites for hydroxylation is 1. The minimum atomic E-state index is 0.681. The van der Waals surface area contributed by atoms with Gasteiger partial charge in [-0.2, -0.15) is 0 Å². The van der Waals surface area contributed by atoms with Gasteiger partial charge < -0.3 is 4.90 Å². The van der Waals surface area contributed by atoms with E-state index in [4.69, 9.17) is 4.98 Å². The second kappa shape index (κ2) is 5.78. The molecule has 2 aromatic heterocycles. The number of imidazole rings is 1. The van der Waals surface area contributed by atoms with Gasteiger partial charge in [-0.05, 0) is 62.7 Å². The molecule has 1 unspecified atom stereocenters. The minimum absolute atomic E-state index is 0.681. The van der Waals surface area contributed by atoms with E-state index in [9.17, 15) is 0 Å². The van der Waals surface area contributed by atoms with Gasteiger partial charge >= 0.3 is 0 Å². The summed E-state index contributed by atoms with van der Waals surface area (Å²) < 4.78 is 2.24. The van der Waals surface area contributed by atoms with Crippen LogP contribution in [-0.2, 0) is 6.42 Å². The Morgan fingerprint density at radius 3 is 2.91 bits per heavy atom. The summed E-state index contributed by atoms with van der Waals surface area (Å²) in [7, 11) is 2.20. The molecule has 0 aliphatic carbocycles. The molecule has 0 N–H and O–H groups in total. The van der Waals surface area contributed by atoms with Crippen molar-refractivity contribution in [3.8, 4) is 5.69 Å². The lowest BCUT2D eigenvalue weighted by Crippen LogP contribution is -2.16. The maximum atomic E-state index is 4.89. The van der Waals surface area contributed by atoms with E-state index in [0.717, 1.165) is 35.6 Å². The first-order valence-electron chi connectivity index (χ1n) is 8.28. The number of hydrogen-bond donors (Lipinski definition) is 0. The van der Waals surface area contributed by atoms with Gasteiger partial charge in [-0.25, -0.2) is 9.97 Å². The summed E-state index contributed by atoms with van der Waals surface area (Å²) in [6, 6.07) is 12.6. The van der Waals surface area contributed by atoms with Crippen LogP contribution in [0.25, 0.3) is 16.9 Å². The van der Waals surface area contributed by atoms with Crippen molar-refractivity contribution in [2.75, 3.05) is 20.1 Å². The molecule has 0 spiro atoms. The lowest BCUT2D eigenvalue weighted by molar-refractivity contribution is 0.392. The fourth-order valence-electron chi connectivity index (χ4n) is 3.59. The van der Waals surface area contributed by atoms with E-state index in [1.54, 1.807) is 0 Å². The van der Waals surface area contributed by atoms with E-state index in [2.05, 4.69) is 58.8 Å². The van der Waals surface area contributed by atoms with Crippen molar-refractivity contribution in [2.45, 2.75) is 19.8 Å². The van der Waals surface area contributed by atoms with Crippen LogP contribution < -0.4 is 0 Å². The first-order valence-corrected chi connectivity index (χ1v) is 8.28. The van der Waals surface area contributed by atoms with Gasteiger partial charge in [-0.3, -0.25) is 4.57 Å². The fraction of sp³-hybridized carbons (Fsp3) is 0.368. The van der Waals surface area contributed by atoms with Gasteiger partial charge in [0.2, 0.25) is 0 Å². The van der Waals surface area contributed by atoms with E-state index in [-0.39, 0.29) is 0 Å². The van der Waals surface area contributed by atoms with Crippen LogP contribution in [0.2, 0.25) is 0 Å². The molecule has 1 aromatic carbocycles. The van der Waals surface area contributed by atoms with Gasteiger partial charge in [0.25, 0.3) is 0 Å². The third kappa shape index (κ3) is 2.75. The van der Waals surface area contributed by atoms with Crippen LogP contribution in [0.3, 0.4) is 0 Å². The molecule has 0 amide bonds. The van der Waals surface area contributed by atoms with E-state index < -0.39 is 0 Å². The number of benzene rings is 1. The van der Waals surface area contributed by atoms with Crippen molar-refractivity contribution in [1.29, 1.82) is 0 Å². The van der Waals surface area contributed by atoms with Crippen LogP contribution >= 0.6 is 0 Å². The SMILES string of the molecule is Cc1cccc(-n2c(CC3CCN(C)C3)nc3cccnc32)c1. The Labute approximate surface area is 136 Å². The van der Waals surface area contributed by atoms with Crippen molar-refractivity contribution in [3.05, 3.63) is 54.0 Å². The zero-order valence-electron chi connectivity index (χ0n) is 13.7. The molecule has 3 aromatic rings. The molecule has 1 aliphatic rings. The van der Waals surface area contributed by atoms with Crippen LogP contribution in [0.1, 0.15) is 17.8 Å². The number of likely N-dealkylation sites (tertiary alicyclic amines) is 1. The van der Waals surface area contributed by atoms with E-state index in [1.165, 1.54) is 18.5 Å². The molecular formula is C19H22N4. The monoisotopic (exact) mass is 306 g/mol. The summed E-state index contributed by atoms with van der Waals surface area (Å²) in [6.07, 6.45) is 4.11. The third-order valence-electron chi connectivity index (χ3n) is 4.71. The number of aromatic nitrogens is 3. The molecule has 1 saturated heterocycles. The summed E-state index contributed by atoms with van der Waals surface area (Å²) in [5.74, 6) is 1.81. The Kier molecular flexibility index (Phi) is 3.62. The van der Waals surface area contributed by atoms with Crippen molar-refractivity contribution < 1.29 is 0 Å². The molecule has 4 nitrogen and oxygen atoms in total. The molecule has 4 rings (SSSR count). The van der Waals surface area contributed by atoms with Crippen molar-refractivity contribution >= 4 is 11.2 Å². The zero-order valence-corrected chi connectivity index (χ0v) is 13.7. The second-order valence-electron chi connectivity index (χ2n) is 6.67. The summed E-state index contributed by atoms with van der Waals surface area (Å²) in [5, 5.41) is 0. The van der Waals surface area contributed by atoms with Crippen LogP contribution in [0.5, 0.6) is 0 Å². The topological polar surface area (TPSA) is 34.0 Å². The van der Waals surface area contributed by atoms with Gasteiger partial charge in [0.1, 0.15) is 11.3 Å². The first kappa shape index (κ1) is 14.4. The Hall–Kier alpha value is -2.20. The van der Waals surface area contributed by atoms with Crippen LogP contribution in [-0.4, -0.2) is 39.6 Å². The maximum absolute atomic E-state index is 4.89. The first-order chi connectivity index (χ1) is 11.2. The molecule has 1 fully saturated rings. The number of nitrogens with zero attached hydrogens (tertiary/aromatic N) is 4. The van der Waals surface area contributed by atoms with E-state index in [1.807, 2.05) is 12.3 Å². The minimum Gasteiger partial charge on any atom is -0.306 e. The maximum Gasteiger partial charge on any atom is 0.164 e. The van der Waals surface area contributed by atoms with E-state index in [0.29, 0.717) is 5.92 Å².